The maximum absolute atomic E-state index is 12.3. The number of benzene rings is 1. The molecule has 0 aliphatic carbocycles. The van der Waals surface area contributed by atoms with Crippen LogP contribution in [0.3, 0.4) is 0 Å². The lowest BCUT2D eigenvalue weighted by Crippen LogP contribution is -2.45. The summed E-state index contributed by atoms with van der Waals surface area (Å²) in [5.74, 6) is -0.0476. The van der Waals surface area contributed by atoms with Crippen molar-refractivity contribution in [1.29, 1.82) is 0 Å². The maximum Gasteiger partial charge on any atom is 0.252 e. The number of nitrogens with one attached hydrogen (secondary N) is 1. The van der Waals surface area contributed by atoms with E-state index in [1.54, 1.807) is 0 Å². The summed E-state index contributed by atoms with van der Waals surface area (Å²) in [4.78, 5) is 12.3. The minimum absolute atomic E-state index is 0.0476. The molecule has 0 saturated heterocycles. The van der Waals surface area contributed by atoms with Crippen molar-refractivity contribution in [1.82, 2.24) is 5.32 Å². The molecular weight excluding hydrogens is 370 g/mol. The summed E-state index contributed by atoms with van der Waals surface area (Å²) in [7, 11) is 0. The Bertz CT molecular complexity index is 476. The molecule has 0 saturated carbocycles. The summed E-state index contributed by atoms with van der Waals surface area (Å²) in [6.45, 7) is 10.6. The molecule has 106 valence electrons. The number of halogens is 2. The summed E-state index contributed by atoms with van der Waals surface area (Å²) in [5, 5.41) is 3.11. The van der Waals surface area contributed by atoms with Gasteiger partial charge in [-0.1, -0.05) is 36.7 Å². The molecule has 1 rings (SSSR count). The molecule has 0 heterocycles. The largest absolute Gasteiger partial charge is 0.347 e. The van der Waals surface area contributed by atoms with E-state index >= 15 is 0 Å². The second kappa shape index (κ2) is 5.96. The third-order valence-electron chi connectivity index (χ3n) is 2.60. The van der Waals surface area contributed by atoms with Crippen LogP contribution in [0.1, 0.15) is 51.4 Å². The van der Waals surface area contributed by atoms with Gasteiger partial charge >= 0.3 is 0 Å². The van der Waals surface area contributed by atoms with Gasteiger partial charge in [0.25, 0.3) is 5.91 Å². The average Bonchev–Trinajstić information content (AvgIpc) is 2.11. The minimum atomic E-state index is -0.234. The van der Waals surface area contributed by atoms with Crippen LogP contribution in [0.15, 0.2) is 27.1 Å². The summed E-state index contributed by atoms with van der Waals surface area (Å²) >= 11 is 6.81. The number of rotatable bonds is 3. The van der Waals surface area contributed by atoms with Gasteiger partial charge in [-0.2, -0.15) is 0 Å². The molecule has 0 spiro atoms. The first-order valence-corrected chi connectivity index (χ1v) is 7.86. The molecule has 0 radical (unpaired) electrons. The van der Waals surface area contributed by atoms with Gasteiger partial charge in [-0.05, 0) is 59.8 Å². The minimum Gasteiger partial charge on any atom is -0.347 e. The third-order valence-corrected chi connectivity index (χ3v) is 3.75. The van der Waals surface area contributed by atoms with E-state index in [9.17, 15) is 4.79 Å². The zero-order chi connectivity index (χ0) is 14.8. The van der Waals surface area contributed by atoms with E-state index in [2.05, 4.69) is 71.8 Å². The fourth-order valence-corrected chi connectivity index (χ4v) is 3.65. The third kappa shape index (κ3) is 5.65. The number of hydrogen-bond acceptors (Lipinski definition) is 1. The lowest BCUT2D eigenvalue weighted by Gasteiger charge is -2.33. The Morgan fingerprint density at radius 1 is 1.16 bits per heavy atom. The zero-order valence-corrected chi connectivity index (χ0v) is 15.3. The van der Waals surface area contributed by atoms with E-state index < -0.39 is 0 Å². The van der Waals surface area contributed by atoms with Crippen molar-refractivity contribution < 1.29 is 4.79 Å². The van der Waals surface area contributed by atoms with Crippen molar-refractivity contribution in [3.8, 4) is 0 Å². The first-order valence-electron chi connectivity index (χ1n) is 6.28. The Morgan fingerprint density at radius 3 is 2.21 bits per heavy atom. The lowest BCUT2D eigenvalue weighted by molar-refractivity contribution is 0.0890. The molecular formula is C15H21Br2NO. The fourth-order valence-electron chi connectivity index (χ4n) is 2.42. The standard InChI is InChI=1S/C15H21Br2NO/c1-14(2,3)9-15(4,5)18-13(19)11-7-6-10(16)8-12(11)17/h6-8H,9H2,1-5H3,(H,18,19). The molecule has 0 aromatic heterocycles. The molecule has 19 heavy (non-hydrogen) atoms. The fraction of sp³-hybridized carbons (Fsp3) is 0.533. The molecule has 0 atom stereocenters. The first-order chi connectivity index (χ1) is 8.50. The number of amides is 1. The Kier molecular flexibility index (Phi) is 5.24. The Balaban J connectivity index is 2.84. The van der Waals surface area contributed by atoms with E-state index in [0.29, 0.717) is 5.56 Å². The predicted octanol–water partition coefficient (Wildman–Crippen LogP) is 5.16. The van der Waals surface area contributed by atoms with Gasteiger partial charge in [-0.15, -0.1) is 0 Å². The van der Waals surface area contributed by atoms with Crippen molar-refractivity contribution in [2.45, 2.75) is 46.6 Å². The number of hydrogen-bond donors (Lipinski definition) is 1. The van der Waals surface area contributed by atoms with E-state index in [-0.39, 0.29) is 16.9 Å². The molecule has 0 unspecified atom stereocenters. The Labute approximate surface area is 132 Å². The van der Waals surface area contributed by atoms with Crippen LogP contribution < -0.4 is 5.32 Å². The van der Waals surface area contributed by atoms with Crippen LogP contribution in [-0.2, 0) is 0 Å². The summed E-state index contributed by atoms with van der Waals surface area (Å²) in [6.07, 6.45) is 0.917. The Hall–Kier alpha value is -0.350. The van der Waals surface area contributed by atoms with Gasteiger partial charge in [0, 0.05) is 14.5 Å². The van der Waals surface area contributed by atoms with Crippen LogP contribution in [0.25, 0.3) is 0 Å². The van der Waals surface area contributed by atoms with Crippen LogP contribution in [0, 0.1) is 5.41 Å². The number of carbonyl (C=O) groups is 1. The smallest absolute Gasteiger partial charge is 0.252 e. The van der Waals surface area contributed by atoms with Crippen molar-refractivity contribution in [3.63, 3.8) is 0 Å². The Morgan fingerprint density at radius 2 is 1.74 bits per heavy atom. The highest BCUT2D eigenvalue weighted by molar-refractivity contribution is 9.11. The molecule has 0 aliphatic heterocycles. The number of carbonyl (C=O) groups excluding carboxylic acids is 1. The second-order valence-corrected chi connectivity index (χ2v) is 8.47. The topological polar surface area (TPSA) is 29.1 Å². The molecule has 2 nitrogen and oxygen atoms in total. The molecule has 1 N–H and O–H groups in total. The van der Waals surface area contributed by atoms with Crippen LogP contribution >= 0.6 is 31.9 Å². The molecule has 1 aromatic rings. The molecule has 0 fully saturated rings. The van der Waals surface area contributed by atoms with E-state index in [4.69, 9.17) is 0 Å². The average molecular weight is 391 g/mol. The first kappa shape index (κ1) is 16.7. The lowest BCUT2D eigenvalue weighted by atomic mass is 9.81. The second-order valence-electron chi connectivity index (χ2n) is 6.70. The molecule has 1 aromatic carbocycles. The van der Waals surface area contributed by atoms with E-state index in [1.165, 1.54) is 0 Å². The van der Waals surface area contributed by atoms with Gasteiger partial charge in [0.1, 0.15) is 0 Å². The highest BCUT2D eigenvalue weighted by Gasteiger charge is 2.27. The van der Waals surface area contributed by atoms with Crippen LogP contribution in [0.4, 0.5) is 0 Å². The summed E-state index contributed by atoms with van der Waals surface area (Å²) < 4.78 is 1.75. The van der Waals surface area contributed by atoms with Crippen molar-refractivity contribution >= 4 is 37.8 Å². The van der Waals surface area contributed by atoms with Crippen molar-refractivity contribution in [2.75, 3.05) is 0 Å². The van der Waals surface area contributed by atoms with Crippen molar-refractivity contribution in [2.24, 2.45) is 5.41 Å². The van der Waals surface area contributed by atoms with Crippen LogP contribution in [0.5, 0.6) is 0 Å². The monoisotopic (exact) mass is 389 g/mol. The van der Waals surface area contributed by atoms with Crippen LogP contribution in [-0.4, -0.2) is 11.4 Å². The summed E-state index contributed by atoms with van der Waals surface area (Å²) in [6, 6.07) is 5.57. The predicted molar refractivity (Wildman–Crippen MR) is 87.5 cm³/mol. The van der Waals surface area contributed by atoms with Crippen molar-refractivity contribution in [3.05, 3.63) is 32.7 Å². The normalized spacial score (nSPS) is 12.4. The van der Waals surface area contributed by atoms with Gasteiger partial charge in [0.2, 0.25) is 0 Å². The van der Waals surface area contributed by atoms with Gasteiger partial charge in [0.05, 0.1) is 5.56 Å². The highest BCUT2D eigenvalue weighted by Crippen LogP contribution is 2.28. The molecule has 4 heteroatoms. The van der Waals surface area contributed by atoms with Gasteiger partial charge in [-0.25, -0.2) is 0 Å². The maximum atomic E-state index is 12.3. The van der Waals surface area contributed by atoms with Gasteiger partial charge in [0.15, 0.2) is 0 Å². The summed E-state index contributed by atoms with van der Waals surface area (Å²) in [5.41, 5.74) is 0.598. The molecule has 1 amide bonds. The van der Waals surface area contributed by atoms with Crippen LogP contribution in [0.2, 0.25) is 0 Å². The van der Waals surface area contributed by atoms with E-state index in [1.807, 2.05) is 18.2 Å². The van der Waals surface area contributed by atoms with Gasteiger partial charge < -0.3 is 5.32 Å². The highest BCUT2D eigenvalue weighted by atomic mass is 79.9. The quantitative estimate of drug-likeness (QED) is 0.758. The van der Waals surface area contributed by atoms with Gasteiger partial charge in [-0.3, -0.25) is 4.79 Å². The molecule has 0 bridgehead atoms. The van der Waals surface area contributed by atoms with E-state index in [0.717, 1.165) is 15.4 Å². The molecule has 0 aliphatic rings. The SMILES string of the molecule is CC(C)(C)CC(C)(C)NC(=O)c1ccc(Br)cc1Br. The zero-order valence-electron chi connectivity index (χ0n) is 12.1.